The molecular weight excluding hydrogens is 624 g/mol. The standard InChI is InChI=1S/C32H30ClF2N5O6/c1-3-43-27-12-18(31(41)42)11-25-29(27)37-28(40(25)15-19-7-10-44-19)16-39-9-8-38(17-36-39)24-5-4-6-26-30(24)46-32(2,45-26)20-13-23(35)21(33)14-22(20)34/h4-6,11-14,17,19H,3,7-10,15-16H2,1-2H3,(H,41,42)/t19-,32?/m0/s1/i1D3,3D2. The number of para-hydroxylation sites is 1. The third kappa shape index (κ3) is 5.32. The van der Waals surface area contributed by atoms with E-state index in [1.54, 1.807) is 39.0 Å². The molecule has 240 valence electrons. The van der Waals surface area contributed by atoms with E-state index in [2.05, 4.69) is 10.1 Å². The average molecular weight is 659 g/mol. The van der Waals surface area contributed by atoms with Crippen molar-refractivity contribution in [1.82, 2.24) is 14.6 Å². The molecule has 0 amide bonds. The van der Waals surface area contributed by atoms with Crippen molar-refractivity contribution in [3.05, 3.63) is 76.1 Å². The van der Waals surface area contributed by atoms with E-state index in [9.17, 15) is 18.7 Å². The van der Waals surface area contributed by atoms with E-state index in [1.807, 2.05) is 0 Å². The first-order chi connectivity index (χ1) is 24.0. The average Bonchev–Trinajstić information content (AvgIpc) is 3.57. The van der Waals surface area contributed by atoms with Gasteiger partial charge in [0.1, 0.15) is 35.1 Å². The van der Waals surface area contributed by atoms with Crippen molar-refractivity contribution in [3.8, 4) is 17.2 Å². The van der Waals surface area contributed by atoms with Crippen LogP contribution in [0, 0.1) is 11.6 Å². The molecule has 1 aromatic heterocycles. The summed E-state index contributed by atoms with van der Waals surface area (Å²) in [6.07, 6.45) is 2.13. The van der Waals surface area contributed by atoms with Crippen LogP contribution in [-0.2, 0) is 23.6 Å². The molecule has 1 N–H and O–H groups in total. The molecule has 0 bridgehead atoms. The molecule has 3 aromatic carbocycles. The van der Waals surface area contributed by atoms with Gasteiger partial charge in [-0.15, -0.1) is 0 Å². The van der Waals surface area contributed by atoms with Gasteiger partial charge in [0.05, 0.1) is 62.4 Å². The van der Waals surface area contributed by atoms with Crippen molar-refractivity contribution >= 4 is 40.6 Å². The Balaban J connectivity index is 1.17. The second-order valence-corrected chi connectivity index (χ2v) is 11.5. The largest absolute Gasteiger partial charge is 0.492 e. The number of benzene rings is 3. The number of aromatic nitrogens is 2. The molecule has 0 radical (unpaired) electrons. The van der Waals surface area contributed by atoms with Crippen molar-refractivity contribution < 1.29 is 44.5 Å². The zero-order chi connectivity index (χ0) is 36.5. The van der Waals surface area contributed by atoms with Crippen LogP contribution in [0.1, 0.15) is 48.8 Å². The molecule has 1 unspecified atom stereocenters. The van der Waals surface area contributed by atoms with Crippen LogP contribution in [-0.4, -0.2) is 64.3 Å². The maximum atomic E-state index is 14.9. The first kappa shape index (κ1) is 24.6. The molecule has 3 aliphatic heterocycles. The summed E-state index contributed by atoms with van der Waals surface area (Å²) < 4.78 is 92.7. The van der Waals surface area contributed by atoms with Crippen LogP contribution in [0.5, 0.6) is 17.2 Å². The summed E-state index contributed by atoms with van der Waals surface area (Å²) in [5.41, 5.74) is 0.544. The fourth-order valence-corrected chi connectivity index (χ4v) is 5.86. The lowest BCUT2D eigenvalue weighted by Gasteiger charge is -2.31. The Kier molecular flexibility index (Phi) is 6.22. The molecule has 2 atom stereocenters. The number of ether oxygens (including phenoxy) is 4. The van der Waals surface area contributed by atoms with Gasteiger partial charge in [-0.05, 0) is 49.7 Å². The number of aromatic carboxylic acids is 1. The van der Waals surface area contributed by atoms with Crippen LogP contribution in [0.25, 0.3) is 11.0 Å². The minimum atomic E-state index is -3.17. The number of imidazole rings is 1. The van der Waals surface area contributed by atoms with Crippen LogP contribution >= 0.6 is 11.6 Å². The number of hydrogen-bond acceptors (Lipinski definition) is 9. The second-order valence-electron chi connectivity index (χ2n) is 11.1. The van der Waals surface area contributed by atoms with Gasteiger partial charge in [-0.25, -0.2) is 18.6 Å². The highest BCUT2D eigenvalue weighted by molar-refractivity contribution is 6.30. The van der Waals surface area contributed by atoms with Crippen LogP contribution in [0.3, 0.4) is 0 Å². The van der Waals surface area contributed by atoms with E-state index < -0.39 is 36.8 Å². The molecule has 0 spiro atoms. The summed E-state index contributed by atoms with van der Waals surface area (Å²) in [5.74, 6) is -3.90. The molecule has 46 heavy (non-hydrogen) atoms. The van der Waals surface area contributed by atoms with E-state index >= 15 is 0 Å². The Morgan fingerprint density at radius 2 is 2.09 bits per heavy atom. The predicted octanol–water partition coefficient (Wildman–Crippen LogP) is 5.76. The molecule has 1 fully saturated rings. The lowest BCUT2D eigenvalue weighted by atomic mass is 10.1. The Labute approximate surface area is 274 Å². The Morgan fingerprint density at radius 1 is 1.24 bits per heavy atom. The summed E-state index contributed by atoms with van der Waals surface area (Å²) in [4.78, 5) is 18.5. The maximum absolute atomic E-state index is 14.9. The van der Waals surface area contributed by atoms with Gasteiger partial charge in [0.15, 0.2) is 11.5 Å². The number of halogens is 3. The first-order valence-corrected chi connectivity index (χ1v) is 14.7. The van der Waals surface area contributed by atoms with Gasteiger partial charge < -0.3 is 33.5 Å². The maximum Gasteiger partial charge on any atom is 0.335 e. The first-order valence-electron chi connectivity index (χ1n) is 16.8. The minimum absolute atomic E-state index is 0.0853. The fraction of sp³-hybridized carbons (Fsp3) is 0.344. The van der Waals surface area contributed by atoms with E-state index in [1.165, 1.54) is 13.0 Å². The van der Waals surface area contributed by atoms with Crippen molar-refractivity contribution in [1.29, 1.82) is 0 Å². The molecule has 3 aliphatic rings. The molecule has 11 nitrogen and oxygen atoms in total. The smallest absolute Gasteiger partial charge is 0.335 e. The van der Waals surface area contributed by atoms with Gasteiger partial charge in [-0.1, -0.05) is 17.7 Å². The highest BCUT2D eigenvalue weighted by Gasteiger charge is 2.43. The topological polar surface area (TPSA) is 111 Å². The number of hydrogen-bond donors (Lipinski definition) is 1. The molecule has 7 rings (SSSR count). The third-order valence-corrected chi connectivity index (χ3v) is 8.42. The molecule has 4 heterocycles. The van der Waals surface area contributed by atoms with E-state index in [0.29, 0.717) is 54.8 Å². The molecule has 4 aromatic rings. The Bertz CT molecular complexity index is 2080. The summed E-state index contributed by atoms with van der Waals surface area (Å²) >= 11 is 5.75. The zero-order valence-corrected chi connectivity index (χ0v) is 25.1. The molecule has 0 saturated carbocycles. The highest BCUT2D eigenvalue weighted by atomic mass is 35.5. The number of rotatable bonds is 9. The van der Waals surface area contributed by atoms with Crippen LogP contribution in [0.2, 0.25) is 5.02 Å². The van der Waals surface area contributed by atoms with Gasteiger partial charge in [-0.3, -0.25) is 5.01 Å². The van der Waals surface area contributed by atoms with Crippen molar-refractivity contribution in [2.75, 3.05) is 31.2 Å². The van der Waals surface area contributed by atoms with Crippen molar-refractivity contribution in [2.45, 2.75) is 45.2 Å². The fourth-order valence-electron chi connectivity index (χ4n) is 5.71. The summed E-state index contributed by atoms with van der Waals surface area (Å²) in [5, 5.41) is 15.8. The second kappa shape index (κ2) is 11.6. The summed E-state index contributed by atoms with van der Waals surface area (Å²) in [7, 11) is 0. The number of carboxylic acids is 1. The summed E-state index contributed by atoms with van der Waals surface area (Å²) in [6.45, 7) is -3.08. The number of hydrazone groups is 1. The SMILES string of the molecule is [2H]C([2H])([2H])C([2H])([2H])Oc1cc(C(=O)O)cc2c1nc(CN1CCN(c3cccc4c3OC(C)(c3cc(F)c(Cl)cc3F)O4)C=N1)n2C[C@@H]1CCO1. The molecule has 0 aliphatic carbocycles. The lowest BCUT2D eigenvalue weighted by Crippen LogP contribution is -2.38. The van der Waals surface area contributed by atoms with E-state index in [4.69, 9.17) is 37.4 Å². The number of anilines is 1. The quantitative estimate of drug-likeness (QED) is 0.224. The van der Waals surface area contributed by atoms with Crippen molar-refractivity contribution in [2.24, 2.45) is 5.10 Å². The minimum Gasteiger partial charge on any atom is -0.492 e. The molecule has 14 heteroatoms. The number of carboxylic acid groups (broad SMARTS) is 1. The van der Waals surface area contributed by atoms with Gasteiger partial charge in [0.2, 0.25) is 0 Å². The third-order valence-electron chi connectivity index (χ3n) is 8.13. The van der Waals surface area contributed by atoms with Crippen LogP contribution in [0.15, 0.2) is 47.6 Å². The van der Waals surface area contributed by atoms with E-state index in [0.717, 1.165) is 24.6 Å². The number of nitrogens with zero attached hydrogens (tertiary/aromatic N) is 5. The molecule has 1 saturated heterocycles. The predicted molar refractivity (Wildman–Crippen MR) is 165 cm³/mol. The van der Waals surface area contributed by atoms with Gasteiger partial charge in [0, 0.05) is 24.2 Å². The lowest BCUT2D eigenvalue weighted by molar-refractivity contribution is -0.0707. The normalized spacial score (nSPS) is 22.5. The number of carbonyl (C=O) groups is 1. The number of fused-ring (bicyclic) bond motifs is 2. The molecular formula is C32H30ClF2N5O6. The Hall–Kier alpha value is -4.62. The van der Waals surface area contributed by atoms with Gasteiger partial charge in [-0.2, -0.15) is 5.10 Å². The van der Waals surface area contributed by atoms with Gasteiger partial charge >= 0.3 is 5.97 Å². The van der Waals surface area contributed by atoms with Crippen LogP contribution in [0.4, 0.5) is 14.5 Å². The van der Waals surface area contributed by atoms with Crippen LogP contribution < -0.4 is 19.1 Å². The van der Waals surface area contributed by atoms with E-state index in [-0.39, 0.29) is 40.1 Å². The van der Waals surface area contributed by atoms with Crippen molar-refractivity contribution in [3.63, 3.8) is 0 Å². The Morgan fingerprint density at radius 3 is 2.80 bits per heavy atom. The highest BCUT2D eigenvalue weighted by Crippen LogP contribution is 2.50. The monoisotopic (exact) mass is 658 g/mol. The zero-order valence-electron chi connectivity index (χ0n) is 29.3. The van der Waals surface area contributed by atoms with Gasteiger partial charge in [0.25, 0.3) is 5.79 Å². The summed E-state index contributed by atoms with van der Waals surface area (Å²) in [6, 6.07) is 9.38.